The number of ether oxygens (including phenoxy) is 4. The number of methoxy groups -OCH3 is 1. The topological polar surface area (TPSA) is 88.1 Å². The Kier molecular flexibility index (Phi) is 9.20. The van der Waals surface area contributed by atoms with Gasteiger partial charge in [0.25, 0.3) is 0 Å². The highest BCUT2D eigenvalue weighted by Gasteiger charge is 2.25. The Bertz CT molecular complexity index is 673. The summed E-state index contributed by atoms with van der Waals surface area (Å²) in [5.41, 5.74) is 0.0499. The van der Waals surface area contributed by atoms with Crippen molar-refractivity contribution in [3.8, 4) is 5.75 Å². The van der Waals surface area contributed by atoms with Gasteiger partial charge in [0.15, 0.2) is 15.6 Å². The van der Waals surface area contributed by atoms with Gasteiger partial charge in [-0.2, -0.15) is 0 Å². The minimum atomic E-state index is -3.58. The molecule has 0 saturated heterocycles. The third-order valence-corrected chi connectivity index (χ3v) is 5.30. The van der Waals surface area contributed by atoms with Crippen LogP contribution in [0.5, 0.6) is 5.75 Å². The minimum absolute atomic E-state index is 0.0499. The molecule has 9 heteroatoms. The van der Waals surface area contributed by atoms with E-state index >= 15 is 0 Å². The molecule has 0 heterocycles. The standard InChI is InChI=1S/C16H23ClO7S/c1-4-23-16(18)12-6-7-13(25(19,20)5-2)15(14(12)17)24-11-10-22-9-8-21-3/h6-7H,4-5,8-11H2,1-3H3. The van der Waals surface area contributed by atoms with Gasteiger partial charge in [-0.25, -0.2) is 13.2 Å². The van der Waals surface area contributed by atoms with E-state index in [1.54, 1.807) is 14.0 Å². The lowest BCUT2D eigenvalue weighted by Crippen LogP contribution is -2.14. The van der Waals surface area contributed by atoms with Crippen molar-refractivity contribution in [2.24, 2.45) is 0 Å². The predicted molar refractivity (Wildman–Crippen MR) is 93.3 cm³/mol. The Morgan fingerprint density at radius 3 is 2.40 bits per heavy atom. The molecule has 142 valence electrons. The largest absolute Gasteiger partial charge is 0.488 e. The van der Waals surface area contributed by atoms with Crippen molar-refractivity contribution in [3.63, 3.8) is 0 Å². The number of sulfone groups is 1. The average molecular weight is 395 g/mol. The minimum Gasteiger partial charge on any atom is -0.488 e. The summed E-state index contributed by atoms with van der Waals surface area (Å²) < 4.78 is 45.1. The van der Waals surface area contributed by atoms with E-state index in [1.165, 1.54) is 19.1 Å². The Hall–Kier alpha value is -1.35. The quantitative estimate of drug-likeness (QED) is 0.420. The molecule has 0 spiro atoms. The van der Waals surface area contributed by atoms with Crippen molar-refractivity contribution >= 4 is 27.4 Å². The lowest BCUT2D eigenvalue weighted by atomic mass is 10.2. The van der Waals surface area contributed by atoms with Crippen LogP contribution < -0.4 is 4.74 Å². The number of benzene rings is 1. The van der Waals surface area contributed by atoms with Gasteiger partial charge in [0, 0.05) is 7.11 Å². The average Bonchev–Trinajstić information content (AvgIpc) is 2.58. The fourth-order valence-corrected chi connectivity index (χ4v) is 3.27. The molecule has 7 nitrogen and oxygen atoms in total. The monoisotopic (exact) mass is 394 g/mol. The summed E-state index contributed by atoms with van der Waals surface area (Å²) in [6, 6.07) is 2.63. The Balaban J connectivity index is 3.06. The van der Waals surface area contributed by atoms with Gasteiger partial charge in [-0.1, -0.05) is 18.5 Å². The van der Waals surface area contributed by atoms with Crippen LogP contribution in [0, 0.1) is 0 Å². The molecule has 0 bridgehead atoms. The molecule has 1 aromatic rings. The Morgan fingerprint density at radius 2 is 1.80 bits per heavy atom. The van der Waals surface area contributed by atoms with E-state index in [0.29, 0.717) is 13.2 Å². The Morgan fingerprint density at radius 1 is 1.12 bits per heavy atom. The van der Waals surface area contributed by atoms with Crippen molar-refractivity contribution in [1.29, 1.82) is 0 Å². The molecule has 0 amide bonds. The number of esters is 1. The summed E-state index contributed by atoms with van der Waals surface area (Å²) in [5.74, 6) is -0.832. The van der Waals surface area contributed by atoms with E-state index in [1.807, 2.05) is 0 Å². The van der Waals surface area contributed by atoms with E-state index in [2.05, 4.69) is 0 Å². The van der Waals surface area contributed by atoms with Gasteiger partial charge in [-0.3, -0.25) is 0 Å². The van der Waals surface area contributed by atoms with Crippen LogP contribution in [0.25, 0.3) is 0 Å². The van der Waals surface area contributed by atoms with Crippen LogP contribution in [0.15, 0.2) is 17.0 Å². The SMILES string of the molecule is CCOC(=O)c1ccc(S(=O)(=O)CC)c(OCCOCCOC)c1Cl. The maximum atomic E-state index is 12.3. The van der Waals surface area contributed by atoms with Crippen LogP contribution >= 0.6 is 11.6 Å². The first-order valence-electron chi connectivity index (χ1n) is 7.80. The molecule has 25 heavy (non-hydrogen) atoms. The lowest BCUT2D eigenvalue weighted by Gasteiger charge is -2.15. The third-order valence-electron chi connectivity index (χ3n) is 3.18. The Labute approximate surface area is 153 Å². The molecule has 1 aromatic carbocycles. The molecule has 0 aliphatic heterocycles. The number of halogens is 1. The zero-order chi connectivity index (χ0) is 18.9. The van der Waals surface area contributed by atoms with Crippen LogP contribution in [0.1, 0.15) is 24.2 Å². The maximum Gasteiger partial charge on any atom is 0.339 e. The highest BCUT2D eigenvalue weighted by molar-refractivity contribution is 7.91. The molecule has 1 rings (SSSR count). The molecular formula is C16H23ClO7S. The lowest BCUT2D eigenvalue weighted by molar-refractivity contribution is 0.0519. The highest BCUT2D eigenvalue weighted by Crippen LogP contribution is 2.36. The molecule has 0 N–H and O–H groups in total. The second-order valence-corrected chi connectivity index (χ2v) is 7.46. The number of carbonyl (C=O) groups is 1. The van der Waals surface area contributed by atoms with Gasteiger partial charge in [0.05, 0.1) is 42.8 Å². The first-order chi connectivity index (χ1) is 11.9. The first-order valence-corrected chi connectivity index (χ1v) is 9.83. The molecule has 0 aliphatic carbocycles. The van der Waals surface area contributed by atoms with Gasteiger partial charge >= 0.3 is 5.97 Å². The van der Waals surface area contributed by atoms with Crippen LogP contribution in [0.2, 0.25) is 5.02 Å². The molecule has 0 radical (unpaired) electrons. The smallest absolute Gasteiger partial charge is 0.339 e. The van der Waals surface area contributed by atoms with Crippen molar-refractivity contribution in [1.82, 2.24) is 0 Å². The van der Waals surface area contributed by atoms with E-state index < -0.39 is 15.8 Å². The number of hydrogen-bond acceptors (Lipinski definition) is 7. The summed E-state index contributed by atoms with van der Waals surface area (Å²) >= 11 is 6.22. The summed E-state index contributed by atoms with van der Waals surface area (Å²) in [6.45, 7) is 4.46. The van der Waals surface area contributed by atoms with Gasteiger partial charge < -0.3 is 18.9 Å². The molecule has 0 atom stereocenters. The van der Waals surface area contributed by atoms with Gasteiger partial charge in [-0.15, -0.1) is 0 Å². The van der Waals surface area contributed by atoms with E-state index in [-0.39, 0.29) is 46.8 Å². The van der Waals surface area contributed by atoms with Crippen molar-refractivity contribution in [2.75, 3.05) is 45.9 Å². The number of hydrogen-bond donors (Lipinski definition) is 0. The van der Waals surface area contributed by atoms with Gasteiger partial charge in [0.2, 0.25) is 0 Å². The zero-order valence-electron chi connectivity index (χ0n) is 14.5. The highest BCUT2D eigenvalue weighted by atomic mass is 35.5. The molecule has 0 saturated carbocycles. The van der Waals surface area contributed by atoms with E-state index in [4.69, 9.17) is 30.5 Å². The van der Waals surface area contributed by atoms with Crippen LogP contribution in [-0.4, -0.2) is 60.3 Å². The van der Waals surface area contributed by atoms with Crippen LogP contribution in [-0.2, 0) is 24.0 Å². The number of carbonyl (C=O) groups excluding carboxylic acids is 1. The molecule has 0 fully saturated rings. The second kappa shape index (κ2) is 10.6. The molecular weight excluding hydrogens is 372 g/mol. The third kappa shape index (κ3) is 6.14. The van der Waals surface area contributed by atoms with Crippen molar-refractivity contribution in [3.05, 3.63) is 22.7 Å². The first kappa shape index (κ1) is 21.7. The van der Waals surface area contributed by atoms with Crippen LogP contribution in [0.4, 0.5) is 0 Å². The molecule has 0 aromatic heterocycles. The predicted octanol–water partition coefficient (Wildman–Crippen LogP) is 2.35. The van der Waals surface area contributed by atoms with Gasteiger partial charge in [0.1, 0.15) is 11.5 Å². The molecule has 0 unspecified atom stereocenters. The van der Waals surface area contributed by atoms with Crippen molar-refractivity contribution < 1.29 is 32.2 Å². The zero-order valence-corrected chi connectivity index (χ0v) is 16.1. The summed E-state index contributed by atoms with van der Waals surface area (Å²) in [7, 11) is -2.02. The fraction of sp³-hybridized carbons (Fsp3) is 0.562. The summed E-state index contributed by atoms with van der Waals surface area (Å²) in [4.78, 5) is 11.9. The van der Waals surface area contributed by atoms with Crippen molar-refractivity contribution in [2.45, 2.75) is 18.7 Å². The summed E-state index contributed by atoms with van der Waals surface area (Å²) in [5, 5.41) is -0.0927. The van der Waals surface area contributed by atoms with E-state index in [0.717, 1.165) is 0 Å². The fourth-order valence-electron chi connectivity index (χ4n) is 1.89. The van der Waals surface area contributed by atoms with Crippen LogP contribution in [0.3, 0.4) is 0 Å². The summed E-state index contributed by atoms with van der Waals surface area (Å²) in [6.07, 6.45) is 0. The normalized spacial score (nSPS) is 11.4. The number of rotatable bonds is 11. The van der Waals surface area contributed by atoms with Gasteiger partial charge in [-0.05, 0) is 19.1 Å². The maximum absolute atomic E-state index is 12.3. The second-order valence-electron chi connectivity index (χ2n) is 4.83. The van der Waals surface area contributed by atoms with E-state index in [9.17, 15) is 13.2 Å². The molecule has 0 aliphatic rings.